The molecular formula is C27H30N2O2S. The number of hydrogen-bond donors (Lipinski definition) is 1. The zero-order valence-corrected chi connectivity index (χ0v) is 19.5. The summed E-state index contributed by atoms with van der Waals surface area (Å²) in [5.41, 5.74) is 6.93. The summed E-state index contributed by atoms with van der Waals surface area (Å²) in [6.45, 7) is 6.02. The molecule has 0 radical (unpaired) electrons. The zero-order chi connectivity index (χ0) is 22.2. The summed E-state index contributed by atoms with van der Waals surface area (Å²) in [6.07, 6.45) is 1.10. The van der Waals surface area contributed by atoms with Crippen LogP contribution in [0.1, 0.15) is 23.6 Å². The number of benzene rings is 3. The highest BCUT2D eigenvalue weighted by atomic mass is 32.2. The van der Waals surface area contributed by atoms with Crippen molar-refractivity contribution in [3.05, 3.63) is 89.5 Å². The second kappa shape index (κ2) is 11.2. The number of aryl methyl sites for hydroxylation is 1. The first-order chi connectivity index (χ1) is 15.7. The predicted octanol–water partition coefficient (Wildman–Crippen LogP) is 5.69. The summed E-state index contributed by atoms with van der Waals surface area (Å²) >= 11 is 1.99. The molecule has 1 fully saturated rings. The van der Waals surface area contributed by atoms with E-state index in [-0.39, 0.29) is 0 Å². The molecule has 0 aliphatic carbocycles. The average molecular weight is 447 g/mol. The van der Waals surface area contributed by atoms with E-state index in [4.69, 9.17) is 9.57 Å². The maximum atomic E-state index is 5.78. The van der Waals surface area contributed by atoms with Gasteiger partial charge in [0.15, 0.2) is 6.61 Å². The van der Waals surface area contributed by atoms with Gasteiger partial charge in [0, 0.05) is 17.7 Å². The lowest BCUT2D eigenvalue weighted by Gasteiger charge is -2.09. The third kappa shape index (κ3) is 6.38. The number of thioether (sulfide) groups is 1. The molecule has 3 aromatic rings. The largest absolute Gasteiger partial charge is 0.490 e. The summed E-state index contributed by atoms with van der Waals surface area (Å²) in [6, 6.07) is 25.3. The highest BCUT2D eigenvalue weighted by Crippen LogP contribution is 2.22. The smallest absolute Gasteiger partial charge is 0.151 e. The van der Waals surface area contributed by atoms with Gasteiger partial charge in [-0.2, -0.15) is 0 Å². The van der Waals surface area contributed by atoms with E-state index < -0.39 is 0 Å². The Kier molecular flexibility index (Phi) is 7.86. The number of hydrogen-bond acceptors (Lipinski definition) is 5. The van der Waals surface area contributed by atoms with Crippen LogP contribution in [-0.2, 0) is 11.3 Å². The lowest BCUT2D eigenvalue weighted by molar-refractivity contribution is 0.107. The van der Waals surface area contributed by atoms with Gasteiger partial charge in [0.05, 0.1) is 5.71 Å². The van der Waals surface area contributed by atoms with E-state index in [1.165, 1.54) is 22.3 Å². The molecule has 1 atom stereocenters. The highest BCUT2D eigenvalue weighted by molar-refractivity contribution is 8.00. The highest BCUT2D eigenvalue weighted by Gasteiger charge is 2.15. The minimum absolute atomic E-state index is 0.408. The van der Waals surface area contributed by atoms with Crippen molar-refractivity contribution in [1.29, 1.82) is 0 Å². The molecule has 5 heteroatoms. The number of nitrogens with one attached hydrogen (secondary N) is 1. The Morgan fingerprint density at radius 3 is 2.28 bits per heavy atom. The van der Waals surface area contributed by atoms with Gasteiger partial charge in [-0.15, -0.1) is 11.8 Å². The van der Waals surface area contributed by atoms with Crippen LogP contribution in [-0.4, -0.2) is 36.6 Å². The minimum atomic E-state index is 0.408. The van der Waals surface area contributed by atoms with E-state index >= 15 is 0 Å². The van der Waals surface area contributed by atoms with Crippen LogP contribution in [0, 0.1) is 6.92 Å². The number of rotatable bonds is 9. The van der Waals surface area contributed by atoms with Gasteiger partial charge in [0.2, 0.25) is 0 Å². The Hall–Kier alpha value is -2.76. The molecule has 1 saturated heterocycles. The topological polar surface area (TPSA) is 42.9 Å². The summed E-state index contributed by atoms with van der Waals surface area (Å²) in [4.78, 5) is 5.47. The van der Waals surface area contributed by atoms with Crippen LogP contribution in [0.4, 0.5) is 0 Å². The van der Waals surface area contributed by atoms with Crippen molar-refractivity contribution in [2.75, 3.05) is 25.6 Å². The van der Waals surface area contributed by atoms with E-state index in [1.807, 2.05) is 30.8 Å². The van der Waals surface area contributed by atoms with Gasteiger partial charge in [0.25, 0.3) is 0 Å². The summed E-state index contributed by atoms with van der Waals surface area (Å²) in [7, 11) is 0. The van der Waals surface area contributed by atoms with Gasteiger partial charge < -0.3 is 14.9 Å². The third-order valence-corrected chi connectivity index (χ3v) is 6.69. The first-order valence-electron chi connectivity index (χ1n) is 11.1. The number of oxime groups is 1. The lowest BCUT2D eigenvalue weighted by atomic mass is 10.0. The Balaban J connectivity index is 1.20. The van der Waals surface area contributed by atoms with Crippen molar-refractivity contribution in [2.45, 2.75) is 25.5 Å². The van der Waals surface area contributed by atoms with Gasteiger partial charge in [-0.05, 0) is 54.7 Å². The normalized spacial score (nSPS) is 16.2. The molecule has 4 rings (SSSR count). The van der Waals surface area contributed by atoms with Crippen molar-refractivity contribution in [1.82, 2.24) is 5.32 Å². The first kappa shape index (κ1) is 22.4. The Morgan fingerprint density at radius 2 is 1.62 bits per heavy atom. The molecule has 0 aromatic heterocycles. The van der Waals surface area contributed by atoms with Crippen LogP contribution in [0.15, 0.2) is 78.0 Å². The Bertz CT molecular complexity index is 1010. The quantitative estimate of drug-likeness (QED) is 0.261. The monoisotopic (exact) mass is 446 g/mol. The molecule has 0 amide bonds. The second-order valence-corrected chi connectivity index (χ2v) is 9.33. The SMILES string of the molecule is CC(=NOCCOc1ccc(CC2CNCS2)cc1)c1ccc(-c2ccc(C)cc2)cc1. The summed E-state index contributed by atoms with van der Waals surface area (Å²) in [5.74, 6) is 1.92. The standard InChI is InChI=1S/C27H30N2O2S/c1-20-3-7-24(8-4-20)25-11-9-23(10-12-25)21(2)29-31-16-15-30-26-13-5-22(6-14-26)17-27-18-28-19-32-27/h3-14,27-28H,15-19H2,1-2H3. The molecule has 1 aliphatic heterocycles. The zero-order valence-electron chi connectivity index (χ0n) is 18.7. The summed E-state index contributed by atoms with van der Waals surface area (Å²) in [5, 5.41) is 8.30. The predicted molar refractivity (Wildman–Crippen MR) is 135 cm³/mol. The van der Waals surface area contributed by atoms with Crippen molar-refractivity contribution < 1.29 is 9.57 Å². The molecule has 0 saturated carbocycles. The average Bonchev–Trinajstić information content (AvgIpc) is 3.33. The van der Waals surface area contributed by atoms with Crippen LogP contribution >= 0.6 is 11.8 Å². The first-order valence-corrected chi connectivity index (χ1v) is 12.1. The van der Waals surface area contributed by atoms with Crippen molar-refractivity contribution in [3.8, 4) is 16.9 Å². The molecule has 3 aromatic carbocycles. The molecule has 0 bridgehead atoms. The fourth-order valence-electron chi connectivity index (χ4n) is 3.61. The van der Waals surface area contributed by atoms with Crippen LogP contribution in [0.25, 0.3) is 11.1 Å². The molecular weight excluding hydrogens is 416 g/mol. The Labute approximate surface area is 195 Å². The number of ether oxygens (including phenoxy) is 1. The van der Waals surface area contributed by atoms with Crippen LogP contribution in [0.5, 0.6) is 5.75 Å². The third-order valence-electron chi connectivity index (χ3n) is 5.51. The van der Waals surface area contributed by atoms with Crippen LogP contribution in [0.3, 0.4) is 0 Å². The van der Waals surface area contributed by atoms with Crippen molar-refractivity contribution in [3.63, 3.8) is 0 Å². The summed E-state index contributed by atoms with van der Waals surface area (Å²) < 4.78 is 5.78. The van der Waals surface area contributed by atoms with Gasteiger partial charge in [0.1, 0.15) is 12.4 Å². The molecule has 4 nitrogen and oxygen atoms in total. The lowest BCUT2D eigenvalue weighted by Crippen LogP contribution is -2.14. The van der Waals surface area contributed by atoms with Crippen molar-refractivity contribution in [2.24, 2.45) is 5.16 Å². The molecule has 1 N–H and O–H groups in total. The molecule has 166 valence electrons. The van der Waals surface area contributed by atoms with E-state index in [0.29, 0.717) is 18.5 Å². The maximum Gasteiger partial charge on any atom is 0.151 e. The van der Waals surface area contributed by atoms with E-state index in [0.717, 1.165) is 35.9 Å². The molecule has 32 heavy (non-hydrogen) atoms. The van der Waals surface area contributed by atoms with E-state index in [9.17, 15) is 0 Å². The number of nitrogens with zero attached hydrogens (tertiary/aromatic N) is 1. The maximum absolute atomic E-state index is 5.78. The van der Waals surface area contributed by atoms with Gasteiger partial charge in [-0.25, -0.2) is 0 Å². The minimum Gasteiger partial charge on any atom is -0.490 e. The molecule has 1 aliphatic rings. The Morgan fingerprint density at radius 1 is 0.938 bits per heavy atom. The fourth-order valence-corrected chi connectivity index (χ4v) is 4.63. The van der Waals surface area contributed by atoms with Gasteiger partial charge in [-0.3, -0.25) is 0 Å². The van der Waals surface area contributed by atoms with Crippen LogP contribution < -0.4 is 10.1 Å². The van der Waals surface area contributed by atoms with E-state index in [1.54, 1.807) is 0 Å². The van der Waals surface area contributed by atoms with Gasteiger partial charge >= 0.3 is 0 Å². The van der Waals surface area contributed by atoms with Crippen LogP contribution in [0.2, 0.25) is 0 Å². The second-order valence-electron chi connectivity index (χ2n) is 8.04. The molecule has 0 spiro atoms. The molecule has 1 unspecified atom stereocenters. The molecule has 1 heterocycles. The van der Waals surface area contributed by atoms with Gasteiger partial charge in [-0.1, -0.05) is 71.4 Å². The van der Waals surface area contributed by atoms with Crippen molar-refractivity contribution >= 4 is 17.5 Å². The van der Waals surface area contributed by atoms with E-state index in [2.05, 4.69) is 78.1 Å². The fraction of sp³-hybridized carbons (Fsp3) is 0.296.